The molecular formula is C13H13ClFNO3S2. The smallest absolute Gasteiger partial charge is 0.243 e. The minimum Gasteiger partial charge on any atom is -0.392 e. The highest BCUT2D eigenvalue weighted by Gasteiger charge is 2.25. The molecule has 8 heteroatoms. The molecule has 0 aliphatic carbocycles. The van der Waals surface area contributed by atoms with E-state index in [4.69, 9.17) is 11.6 Å². The Morgan fingerprint density at radius 2 is 2.05 bits per heavy atom. The molecule has 1 aromatic heterocycles. The first-order valence-electron chi connectivity index (χ1n) is 5.94. The minimum absolute atomic E-state index is 0.126. The van der Waals surface area contributed by atoms with Gasteiger partial charge in [-0.25, -0.2) is 12.8 Å². The van der Waals surface area contributed by atoms with Crippen molar-refractivity contribution in [3.8, 4) is 0 Å². The normalized spacial score (nSPS) is 12.0. The van der Waals surface area contributed by atoms with Gasteiger partial charge in [0.2, 0.25) is 10.0 Å². The van der Waals surface area contributed by atoms with Gasteiger partial charge in [0.25, 0.3) is 0 Å². The Bertz CT molecular complexity index is 746. The second kappa shape index (κ2) is 6.41. The van der Waals surface area contributed by atoms with Gasteiger partial charge >= 0.3 is 0 Å². The fourth-order valence-corrected chi connectivity index (χ4v) is 4.40. The van der Waals surface area contributed by atoms with Crippen LogP contribution >= 0.6 is 22.9 Å². The van der Waals surface area contributed by atoms with Crippen LogP contribution in [0.1, 0.15) is 10.4 Å². The zero-order valence-electron chi connectivity index (χ0n) is 11.1. The monoisotopic (exact) mass is 349 g/mol. The third-order valence-electron chi connectivity index (χ3n) is 2.90. The van der Waals surface area contributed by atoms with Gasteiger partial charge in [0.1, 0.15) is 5.82 Å². The second-order valence-corrected chi connectivity index (χ2v) is 8.19. The Labute approximate surface area is 131 Å². The van der Waals surface area contributed by atoms with E-state index in [0.29, 0.717) is 4.34 Å². The number of nitrogens with zero attached hydrogens (tertiary/aromatic N) is 1. The van der Waals surface area contributed by atoms with Gasteiger partial charge in [-0.2, -0.15) is 4.31 Å². The predicted molar refractivity (Wildman–Crippen MR) is 80.3 cm³/mol. The number of hydrogen-bond acceptors (Lipinski definition) is 4. The van der Waals surface area contributed by atoms with Gasteiger partial charge in [-0.3, -0.25) is 0 Å². The van der Waals surface area contributed by atoms with Gasteiger partial charge in [-0.1, -0.05) is 17.7 Å². The fraction of sp³-hybridized carbons (Fsp3) is 0.231. The Balaban J connectivity index is 2.35. The Morgan fingerprint density at radius 3 is 2.62 bits per heavy atom. The molecule has 0 amide bonds. The van der Waals surface area contributed by atoms with Crippen LogP contribution in [0.2, 0.25) is 4.34 Å². The van der Waals surface area contributed by atoms with Gasteiger partial charge in [-0.15, -0.1) is 11.3 Å². The maximum Gasteiger partial charge on any atom is 0.243 e. The summed E-state index contributed by atoms with van der Waals surface area (Å²) in [6, 6.07) is 6.71. The van der Waals surface area contributed by atoms with Crippen molar-refractivity contribution in [1.29, 1.82) is 0 Å². The first-order chi connectivity index (χ1) is 9.84. The average Bonchev–Trinajstić information content (AvgIpc) is 2.84. The molecule has 0 atom stereocenters. The van der Waals surface area contributed by atoms with Crippen LogP contribution in [0.15, 0.2) is 35.2 Å². The summed E-state index contributed by atoms with van der Waals surface area (Å²) in [5.74, 6) is -0.668. The molecule has 114 valence electrons. The van der Waals surface area contributed by atoms with Gasteiger partial charge < -0.3 is 5.11 Å². The van der Waals surface area contributed by atoms with Crippen molar-refractivity contribution in [2.75, 3.05) is 7.05 Å². The standard InChI is InChI=1S/C13H13ClFNO3S2/c1-16(7-11-4-5-13(14)20-11)21(18,19)12-6-10(15)3-2-9(12)8-17/h2-6,17H,7-8H2,1H3. The quantitative estimate of drug-likeness (QED) is 0.903. The largest absolute Gasteiger partial charge is 0.392 e. The summed E-state index contributed by atoms with van der Waals surface area (Å²) in [6.45, 7) is -0.353. The maximum absolute atomic E-state index is 13.3. The number of sulfonamides is 1. The highest BCUT2D eigenvalue weighted by molar-refractivity contribution is 7.89. The third kappa shape index (κ3) is 3.61. The van der Waals surface area contributed by atoms with Crippen molar-refractivity contribution in [2.45, 2.75) is 18.0 Å². The highest BCUT2D eigenvalue weighted by Crippen LogP contribution is 2.26. The lowest BCUT2D eigenvalue weighted by Gasteiger charge is -2.18. The van der Waals surface area contributed by atoms with Crippen LogP contribution < -0.4 is 0 Å². The lowest BCUT2D eigenvalue weighted by atomic mass is 10.2. The van der Waals surface area contributed by atoms with Gasteiger partial charge in [-0.05, 0) is 29.8 Å². The molecule has 2 aromatic rings. The number of aliphatic hydroxyl groups excluding tert-OH is 1. The van der Waals surface area contributed by atoms with Crippen molar-refractivity contribution < 1.29 is 17.9 Å². The van der Waals surface area contributed by atoms with Crippen molar-refractivity contribution in [1.82, 2.24) is 4.31 Å². The summed E-state index contributed by atoms with van der Waals surface area (Å²) in [5, 5.41) is 9.23. The van der Waals surface area contributed by atoms with E-state index in [9.17, 15) is 17.9 Å². The SMILES string of the molecule is CN(Cc1ccc(Cl)s1)S(=O)(=O)c1cc(F)ccc1CO. The van der Waals surface area contributed by atoms with E-state index < -0.39 is 22.4 Å². The first kappa shape index (κ1) is 16.4. The molecule has 0 aliphatic heterocycles. The third-order valence-corrected chi connectivity index (χ3v) is 6.00. The molecule has 0 unspecified atom stereocenters. The van der Waals surface area contributed by atoms with Crippen molar-refractivity contribution in [3.63, 3.8) is 0 Å². The molecule has 0 saturated heterocycles. The highest BCUT2D eigenvalue weighted by atomic mass is 35.5. The Morgan fingerprint density at radius 1 is 1.33 bits per heavy atom. The Hall–Kier alpha value is -0.990. The zero-order valence-corrected chi connectivity index (χ0v) is 13.5. The number of aliphatic hydroxyl groups is 1. The van der Waals surface area contributed by atoms with E-state index in [1.807, 2.05) is 0 Å². The molecule has 0 radical (unpaired) electrons. The molecule has 0 bridgehead atoms. The molecule has 21 heavy (non-hydrogen) atoms. The number of thiophene rings is 1. The van der Waals surface area contributed by atoms with Gasteiger partial charge in [0.15, 0.2) is 0 Å². The summed E-state index contributed by atoms with van der Waals surface area (Å²) in [5.41, 5.74) is 0.160. The van der Waals surface area contributed by atoms with E-state index in [-0.39, 0.29) is 17.0 Å². The molecule has 1 aromatic carbocycles. The lowest BCUT2D eigenvalue weighted by Crippen LogP contribution is -2.27. The van der Waals surface area contributed by atoms with Gasteiger partial charge in [0.05, 0.1) is 15.8 Å². The van der Waals surface area contributed by atoms with Crippen LogP contribution in [0, 0.1) is 5.82 Å². The van der Waals surface area contributed by atoms with Crippen LogP contribution in [0.4, 0.5) is 4.39 Å². The Kier molecular flexibility index (Phi) is 5.00. The van der Waals surface area contributed by atoms with Crippen molar-refractivity contribution in [3.05, 3.63) is 50.9 Å². The second-order valence-electron chi connectivity index (χ2n) is 4.38. The molecule has 0 spiro atoms. The van der Waals surface area contributed by atoms with Crippen LogP contribution in [0.25, 0.3) is 0 Å². The lowest BCUT2D eigenvalue weighted by molar-refractivity contribution is 0.278. The zero-order chi connectivity index (χ0) is 15.6. The molecule has 1 heterocycles. The molecule has 4 nitrogen and oxygen atoms in total. The predicted octanol–water partition coefficient (Wildman–Crippen LogP) is 2.85. The average molecular weight is 350 g/mol. The van der Waals surface area contributed by atoms with Crippen molar-refractivity contribution in [2.24, 2.45) is 0 Å². The van der Waals surface area contributed by atoms with E-state index in [1.54, 1.807) is 12.1 Å². The summed E-state index contributed by atoms with van der Waals surface area (Å²) < 4.78 is 40.0. The summed E-state index contributed by atoms with van der Waals surface area (Å²) in [4.78, 5) is 0.545. The number of halogens is 2. The van der Waals surface area contributed by atoms with E-state index in [1.165, 1.54) is 24.5 Å². The number of benzene rings is 1. The maximum atomic E-state index is 13.3. The van der Waals surface area contributed by atoms with E-state index >= 15 is 0 Å². The number of rotatable bonds is 5. The van der Waals surface area contributed by atoms with Gasteiger partial charge in [0, 0.05) is 18.5 Å². The molecule has 2 rings (SSSR count). The van der Waals surface area contributed by atoms with E-state index in [2.05, 4.69) is 0 Å². The van der Waals surface area contributed by atoms with Crippen molar-refractivity contribution >= 4 is 33.0 Å². The molecular weight excluding hydrogens is 337 g/mol. The summed E-state index contributed by atoms with van der Waals surface area (Å²) in [6.07, 6.45) is 0. The fourth-order valence-electron chi connectivity index (χ4n) is 1.81. The topological polar surface area (TPSA) is 57.6 Å². The first-order valence-corrected chi connectivity index (χ1v) is 8.58. The summed E-state index contributed by atoms with van der Waals surface area (Å²) >= 11 is 7.09. The van der Waals surface area contributed by atoms with Crippen LogP contribution in [-0.2, 0) is 23.2 Å². The molecule has 0 saturated carbocycles. The molecule has 0 fully saturated rings. The molecule has 0 aliphatic rings. The molecule has 1 N–H and O–H groups in total. The van der Waals surface area contributed by atoms with Crippen LogP contribution in [0.3, 0.4) is 0 Å². The van der Waals surface area contributed by atoms with Crippen LogP contribution in [0.5, 0.6) is 0 Å². The van der Waals surface area contributed by atoms with Crippen LogP contribution in [-0.4, -0.2) is 24.9 Å². The summed E-state index contributed by atoms with van der Waals surface area (Å²) in [7, 11) is -2.50. The minimum atomic E-state index is -3.90. The van der Waals surface area contributed by atoms with E-state index in [0.717, 1.165) is 21.3 Å². The number of hydrogen-bond donors (Lipinski definition) is 1.